The lowest BCUT2D eigenvalue weighted by atomic mass is 9.97. The predicted molar refractivity (Wildman–Crippen MR) is 57.8 cm³/mol. The lowest BCUT2D eigenvalue weighted by Crippen LogP contribution is -2.48. The maximum atomic E-state index is 11.0. The maximum absolute atomic E-state index is 11.0. The summed E-state index contributed by atoms with van der Waals surface area (Å²) in [7, 11) is 0. The van der Waals surface area contributed by atoms with Crippen LogP contribution in [0.2, 0.25) is 0 Å². The number of carboxylic acid groups (broad SMARTS) is 1. The van der Waals surface area contributed by atoms with Gasteiger partial charge in [0.15, 0.2) is 0 Å². The van der Waals surface area contributed by atoms with E-state index in [0.29, 0.717) is 5.92 Å². The molecule has 1 fully saturated rings. The fraction of sp³-hybridized carbons (Fsp3) is 0.909. The third-order valence-electron chi connectivity index (χ3n) is 3.05. The minimum absolute atomic E-state index is 0.104. The first-order valence-corrected chi connectivity index (χ1v) is 5.59. The molecule has 1 heterocycles. The van der Waals surface area contributed by atoms with Crippen molar-refractivity contribution in [1.29, 1.82) is 0 Å². The molecule has 1 saturated heterocycles. The third kappa shape index (κ3) is 3.47. The SMILES string of the molecule is CC(C)C(NC(C)C1CCOC1)C(=O)O. The molecule has 1 rings (SSSR count). The van der Waals surface area contributed by atoms with Crippen LogP contribution in [0.4, 0.5) is 0 Å². The molecular formula is C11H21NO3. The highest BCUT2D eigenvalue weighted by molar-refractivity contribution is 5.73. The lowest BCUT2D eigenvalue weighted by Gasteiger charge is -2.26. The molecule has 15 heavy (non-hydrogen) atoms. The van der Waals surface area contributed by atoms with E-state index < -0.39 is 12.0 Å². The van der Waals surface area contributed by atoms with Crippen molar-refractivity contribution in [2.24, 2.45) is 11.8 Å². The van der Waals surface area contributed by atoms with Crippen LogP contribution in [0.25, 0.3) is 0 Å². The second kappa shape index (κ2) is 5.47. The Labute approximate surface area is 91.0 Å². The zero-order valence-corrected chi connectivity index (χ0v) is 9.69. The molecule has 88 valence electrons. The van der Waals surface area contributed by atoms with E-state index in [1.807, 2.05) is 20.8 Å². The molecule has 0 amide bonds. The van der Waals surface area contributed by atoms with E-state index in [1.165, 1.54) is 0 Å². The molecule has 0 aromatic rings. The number of ether oxygens (including phenoxy) is 1. The normalized spacial score (nSPS) is 25.5. The van der Waals surface area contributed by atoms with Gasteiger partial charge in [-0.1, -0.05) is 13.8 Å². The highest BCUT2D eigenvalue weighted by Gasteiger charge is 2.28. The summed E-state index contributed by atoms with van der Waals surface area (Å²) in [4.78, 5) is 11.0. The van der Waals surface area contributed by atoms with E-state index in [0.717, 1.165) is 19.6 Å². The Morgan fingerprint density at radius 1 is 1.47 bits per heavy atom. The van der Waals surface area contributed by atoms with Crippen molar-refractivity contribution in [3.63, 3.8) is 0 Å². The van der Waals surface area contributed by atoms with Crippen molar-refractivity contribution in [3.05, 3.63) is 0 Å². The van der Waals surface area contributed by atoms with Gasteiger partial charge < -0.3 is 15.2 Å². The van der Waals surface area contributed by atoms with E-state index in [9.17, 15) is 4.79 Å². The molecule has 4 nitrogen and oxygen atoms in total. The maximum Gasteiger partial charge on any atom is 0.320 e. The molecule has 1 aliphatic heterocycles. The quantitative estimate of drug-likeness (QED) is 0.721. The number of rotatable bonds is 5. The van der Waals surface area contributed by atoms with Crippen LogP contribution in [0.5, 0.6) is 0 Å². The molecule has 0 spiro atoms. The van der Waals surface area contributed by atoms with Gasteiger partial charge >= 0.3 is 5.97 Å². The Bertz CT molecular complexity index is 212. The second-order valence-corrected chi connectivity index (χ2v) is 4.64. The van der Waals surface area contributed by atoms with Crippen molar-refractivity contribution in [3.8, 4) is 0 Å². The van der Waals surface area contributed by atoms with Gasteiger partial charge in [0.05, 0.1) is 6.61 Å². The lowest BCUT2D eigenvalue weighted by molar-refractivity contribution is -0.141. The average Bonchev–Trinajstić information content (AvgIpc) is 2.65. The van der Waals surface area contributed by atoms with Gasteiger partial charge in [-0.2, -0.15) is 0 Å². The Morgan fingerprint density at radius 3 is 2.53 bits per heavy atom. The topological polar surface area (TPSA) is 58.6 Å². The van der Waals surface area contributed by atoms with E-state index in [4.69, 9.17) is 9.84 Å². The minimum Gasteiger partial charge on any atom is -0.480 e. The fourth-order valence-corrected chi connectivity index (χ4v) is 1.92. The summed E-state index contributed by atoms with van der Waals surface area (Å²) in [5.74, 6) is -0.214. The first-order valence-electron chi connectivity index (χ1n) is 5.59. The third-order valence-corrected chi connectivity index (χ3v) is 3.05. The molecule has 4 heteroatoms. The average molecular weight is 215 g/mol. The van der Waals surface area contributed by atoms with Crippen molar-refractivity contribution in [1.82, 2.24) is 5.32 Å². The van der Waals surface area contributed by atoms with Crippen LogP contribution in [0, 0.1) is 11.8 Å². The standard InChI is InChI=1S/C11H21NO3/c1-7(2)10(11(13)14)12-8(3)9-4-5-15-6-9/h7-10,12H,4-6H2,1-3H3,(H,13,14). The van der Waals surface area contributed by atoms with Gasteiger partial charge in [-0.05, 0) is 25.2 Å². The summed E-state index contributed by atoms with van der Waals surface area (Å²) in [5.41, 5.74) is 0. The molecule has 0 radical (unpaired) electrons. The first kappa shape index (κ1) is 12.5. The van der Waals surface area contributed by atoms with Crippen LogP contribution in [-0.2, 0) is 9.53 Å². The van der Waals surface area contributed by atoms with Crippen LogP contribution in [-0.4, -0.2) is 36.4 Å². The fourth-order valence-electron chi connectivity index (χ4n) is 1.92. The Morgan fingerprint density at radius 2 is 2.13 bits per heavy atom. The zero-order chi connectivity index (χ0) is 11.4. The largest absolute Gasteiger partial charge is 0.480 e. The highest BCUT2D eigenvalue weighted by Crippen LogP contribution is 2.17. The summed E-state index contributed by atoms with van der Waals surface area (Å²) in [6.45, 7) is 7.43. The van der Waals surface area contributed by atoms with E-state index in [2.05, 4.69) is 5.32 Å². The van der Waals surface area contributed by atoms with Crippen molar-refractivity contribution >= 4 is 5.97 Å². The van der Waals surface area contributed by atoms with Crippen LogP contribution in [0.3, 0.4) is 0 Å². The Hall–Kier alpha value is -0.610. The van der Waals surface area contributed by atoms with Crippen molar-refractivity contribution in [2.75, 3.05) is 13.2 Å². The number of hydrogen-bond donors (Lipinski definition) is 2. The molecular weight excluding hydrogens is 194 g/mol. The Kier molecular flexibility index (Phi) is 4.54. The summed E-state index contributed by atoms with van der Waals surface area (Å²) in [6, 6.07) is -0.253. The number of carboxylic acids is 1. The van der Waals surface area contributed by atoms with Gasteiger partial charge in [0.25, 0.3) is 0 Å². The van der Waals surface area contributed by atoms with Gasteiger partial charge in [-0.25, -0.2) is 0 Å². The number of carbonyl (C=O) groups is 1. The van der Waals surface area contributed by atoms with Crippen LogP contribution >= 0.6 is 0 Å². The van der Waals surface area contributed by atoms with E-state index in [-0.39, 0.29) is 12.0 Å². The van der Waals surface area contributed by atoms with Gasteiger partial charge in [-0.3, -0.25) is 4.79 Å². The zero-order valence-electron chi connectivity index (χ0n) is 9.69. The molecule has 0 aromatic carbocycles. The second-order valence-electron chi connectivity index (χ2n) is 4.64. The minimum atomic E-state index is -0.768. The molecule has 0 aromatic heterocycles. The smallest absolute Gasteiger partial charge is 0.320 e. The van der Waals surface area contributed by atoms with Crippen LogP contribution in [0.1, 0.15) is 27.2 Å². The van der Waals surface area contributed by atoms with E-state index >= 15 is 0 Å². The number of aliphatic carboxylic acids is 1. The van der Waals surface area contributed by atoms with Gasteiger partial charge in [0, 0.05) is 12.6 Å². The monoisotopic (exact) mass is 215 g/mol. The van der Waals surface area contributed by atoms with Gasteiger partial charge in [0.1, 0.15) is 6.04 Å². The molecule has 3 unspecified atom stereocenters. The highest BCUT2D eigenvalue weighted by atomic mass is 16.5. The van der Waals surface area contributed by atoms with Gasteiger partial charge in [0.2, 0.25) is 0 Å². The summed E-state index contributed by atoms with van der Waals surface area (Å²) in [6.07, 6.45) is 1.03. The van der Waals surface area contributed by atoms with Crippen LogP contribution in [0.15, 0.2) is 0 Å². The van der Waals surface area contributed by atoms with Gasteiger partial charge in [-0.15, -0.1) is 0 Å². The molecule has 0 aliphatic carbocycles. The molecule has 1 aliphatic rings. The van der Waals surface area contributed by atoms with Crippen molar-refractivity contribution in [2.45, 2.75) is 39.3 Å². The molecule has 0 saturated carbocycles. The summed E-state index contributed by atoms with van der Waals surface area (Å²) in [5, 5.41) is 12.2. The summed E-state index contributed by atoms with van der Waals surface area (Å²) >= 11 is 0. The number of hydrogen-bond acceptors (Lipinski definition) is 3. The summed E-state index contributed by atoms with van der Waals surface area (Å²) < 4.78 is 5.29. The molecule has 2 N–H and O–H groups in total. The first-order chi connectivity index (χ1) is 7.02. The van der Waals surface area contributed by atoms with Crippen LogP contribution < -0.4 is 5.32 Å². The predicted octanol–water partition coefficient (Wildman–Crippen LogP) is 1.11. The molecule has 3 atom stereocenters. The molecule has 0 bridgehead atoms. The van der Waals surface area contributed by atoms with E-state index in [1.54, 1.807) is 0 Å². The van der Waals surface area contributed by atoms with Crippen molar-refractivity contribution < 1.29 is 14.6 Å². The Balaban J connectivity index is 2.46. The number of nitrogens with one attached hydrogen (secondary N) is 1.